The van der Waals surface area contributed by atoms with E-state index in [1.54, 1.807) is 48.5 Å². The summed E-state index contributed by atoms with van der Waals surface area (Å²) in [5.74, 6) is 0.580. The number of ether oxygens (including phenoxy) is 2. The summed E-state index contributed by atoms with van der Waals surface area (Å²) in [6, 6.07) is 22.0. The summed E-state index contributed by atoms with van der Waals surface area (Å²) in [5, 5.41) is 10.0. The lowest BCUT2D eigenvalue weighted by Crippen LogP contribution is -2.18. The number of allylic oxidation sites excluding steroid dienone is 1. The van der Waals surface area contributed by atoms with Gasteiger partial charge in [-0.3, -0.25) is 0 Å². The second-order valence-electron chi connectivity index (χ2n) is 6.78. The van der Waals surface area contributed by atoms with Gasteiger partial charge >= 0.3 is 5.97 Å². The fourth-order valence-corrected chi connectivity index (χ4v) is 2.99. The van der Waals surface area contributed by atoms with Crippen molar-refractivity contribution in [3.05, 3.63) is 94.0 Å². The van der Waals surface area contributed by atoms with E-state index in [0.29, 0.717) is 22.1 Å². The van der Waals surface area contributed by atoms with E-state index < -0.39 is 5.97 Å². The molecule has 0 aliphatic heterocycles. The molecule has 0 aromatic heterocycles. The molecule has 30 heavy (non-hydrogen) atoms. The zero-order chi connectivity index (χ0) is 21.5. The lowest BCUT2D eigenvalue weighted by atomic mass is 10.0. The van der Waals surface area contributed by atoms with Crippen LogP contribution >= 0.6 is 11.6 Å². The van der Waals surface area contributed by atoms with Crippen LogP contribution in [0, 0.1) is 25.2 Å². The maximum absolute atomic E-state index is 12.1. The van der Waals surface area contributed by atoms with E-state index in [9.17, 15) is 10.1 Å². The second kappa shape index (κ2) is 9.78. The van der Waals surface area contributed by atoms with Gasteiger partial charge in [0.25, 0.3) is 0 Å². The van der Waals surface area contributed by atoms with E-state index in [2.05, 4.69) is 6.07 Å². The summed E-state index contributed by atoms with van der Waals surface area (Å²) in [7, 11) is 0. The van der Waals surface area contributed by atoms with Gasteiger partial charge in [-0.25, -0.2) is 4.79 Å². The van der Waals surface area contributed by atoms with Gasteiger partial charge in [0.05, 0.1) is 11.6 Å². The Balaban J connectivity index is 1.63. The normalized spacial score (nSPS) is 10.9. The first-order chi connectivity index (χ1) is 14.4. The molecule has 0 aliphatic carbocycles. The van der Waals surface area contributed by atoms with Crippen molar-refractivity contribution in [1.29, 1.82) is 5.26 Å². The van der Waals surface area contributed by atoms with Crippen LogP contribution in [0.2, 0.25) is 5.02 Å². The number of esters is 1. The Bertz CT molecular complexity index is 1130. The van der Waals surface area contributed by atoms with Gasteiger partial charge in [-0.2, -0.15) is 5.26 Å². The van der Waals surface area contributed by atoms with Crippen LogP contribution in [0.15, 0.2) is 66.7 Å². The van der Waals surface area contributed by atoms with Crippen LogP contribution in [0.4, 0.5) is 0 Å². The van der Waals surface area contributed by atoms with Crippen molar-refractivity contribution in [3.63, 3.8) is 0 Å². The van der Waals surface area contributed by atoms with Crippen LogP contribution in [0.1, 0.15) is 22.3 Å². The van der Waals surface area contributed by atoms with Crippen molar-refractivity contribution in [2.24, 2.45) is 0 Å². The van der Waals surface area contributed by atoms with Gasteiger partial charge in [0, 0.05) is 5.02 Å². The number of rotatable bonds is 6. The first kappa shape index (κ1) is 21.2. The molecule has 0 saturated carbocycles. The Morgan fingerprint density at radius 1 is 1.07 bits per heavy atom. The fourth-order valence-electron chi connectivity index (χ4n) is 2.80. The summed E-state index contributed by atoms with van der Waals surface area (Å²) in [6.45, 7) is 3.70. The zero-order valence-electron chi connectivity index (χ0n) is 16.7. The molecular formula is C25H20ClNO3. The SMILES string of the molecule is Cc1ccc(C)c(OCC(=O)Oc2ccc(/C=C(/C#N)c3cccc(Cl)c3)cc2)c1. The quantitative estimate of drug-likeness (QED) is 0.213. The molecule has 0 aliphatic rings. The van der Waals surface area contributed by atoms with Gasteiger partial charge in [0.15, 0.2) is 6.61 Å². The third-order valence-corrected chi connectivity index (χ3v) is 4.60. The highest BCUT2D eigenvalue weighted by molar-refractivity contribution is 6.30. The topological polar surface area (TPSA) is 59.3 Å². The van der Waals surface area contributed by atoms with Crippen LogP contribution in [0.25, 0.3) is 11.6 Å². The molecule has 0 fully saturated rings. The van der Waals surface area contributed by atoms with Crippen molar-refractivity contribution in [2.45, 2.75) is 13.8 Å². The number of carbonyl (C=O) groups excluding carboxylic acids is 1. The average molecular weight is 418 g/mol. The second-order valence-corrected chi connectivity index (χ2v) is 7.22. The standard InChI is InChI=1S/C25H20ClNO3/c1-17-6-7-18(2)24(12-17)29-16-25(28)30-23-10-8-19(9-11-23)13-21(15-27)20-4-3-5-22(26)14-20/h3-14H,16H2,1-2H3/b21-13-. The molecule has 0 bridgehead atoms. The monoisotopic (exact) mass is 417 g/mol. The molecule has 3 aromatic rings. The highest BCUT2D eigenvalue weighted by Gasteiger charge is 2.08. The third-order valence-electron chi connectivity index (χ3n) is 4.37. The minimum atomic E-state index is -0.490. The third kappa shape index (κ3) is 5.73. The molecule has 0 heterocycles. The highest BCUT2D eigenvalue weighted by Crippen LogP contribution is 2.23. The highest BCUT2D eigenvalue weighted by atomic mass is 35.5. The minimum absolute atomic E-state index is 0.181. The number of carbonyl (C=O) groups is 1. The Morgan fingerprint density at radius 3 is 2.53 bits per heavy atom. The minimum Gasteiger partial charge on any atom is -0.482 e. The molecular weight excluding hydrogens is 398 g/mol. The molecule has 0 amide bonds. The van der Waals surface area contributed by atoms with Gasteiger partial charge in [0.1, 0.15) is 11.5 Å². The van der Waals surface area contributed by atoms with Crippen molar-refractivity contribution >= 4 is 29.2 Å². The summed E-state index contributed by atoms with van der Waals surface area (Å²) in [5.41, 5.74) is 4.05. The molecule has 0 saturated heterocycles. The largest absolute Gasteiger partial charge is 0.482 e. The van der Waals surface area contributed by atoms with Gasteiger partial charge in [-0.15, -0.1) is 0 Å². The number of hydrogen-bond acceptors (Lipinski definition) is 4. The van der Waals surface area contributed by atoms with E-state index in [0.717, 1.165) is 22.3 Å². The summed E-state index contributed by atoms with van der Waals surface area (Å²) in [6.07, 6.45) is 1.75. The van der Waals surface area contributed by atoms with E-state index in [1.807, 2.05) is 38.1 Å². The first-order valence-electron chi connectivity index (χ1n) is 9.33. The maximum Gasteiger partial charge on any atom is 0.349 e. The summed E-state index contributed by atoms with van der Waals surface area (Å²) < 4.78 is 10.9. The van der Waals surface area contributed by atoms with Crippen LogP contribution in [-0.4, -0.2) is 12.6 Å². The molecule has 5 heteroatoms. The number of halogens is 1. The van der Waals surface area contributed by atoms with Crippen LogP contribution < -0.4 is 9.47 Å². The van der Waals surface area contributed by atoms with E-state index in [4.69, 9.17) is 21.1 Å². The predicted octanol–water partition coefficient (Wildman–Crippen LogP) is 6.01. The molecule has 0 unspecified atom stereocenters. The molecule has 0 radical (unpaired) electrons. The van der Waals surface area contributed by atoms with Crippen molar-refractivity contribution in [2.75, 3.05) is 6.61 Å². The number of nitriles is 1. The number of aryl methyl sites for hydroxylation is 2. The first-order valence-corrected chi connectivity index (χ1v) is 9.71. The van der Waals surface area contributed by atoms with E-state index in [-0.39, 0.29) is 6.61 Å². The molecule has 3 aromatic carbocycles. The maximum atomic E-state index is 12.1. The fraction of sp³-hybridized carbons (Fsp3) is 0.120. The van der Waals surface area contributed by atoms with Gasteiger partial charge in [0.2, 0.25) is 0 Å². The molecule has 0 spiro atoms. The number of nitrogens with zero attached hydrogens (tertiary/aromatic N) is 1. The van der Waals surface area contributed by atoms with Crippen LogP contribution in [-0.2, 0) is 4.79 Å². The van der Waals surface area contributed by atoms with Gasteiger partial charge in [-0.1, -0.05) is 48.0 Å². The van der Waals surface area contributed by atoms with Crippen LogP contribution in [0.3, 0.4) is 0 Å². The number of benzene rings is 3. The molecule has 4 nitrogen and oxygen atoms in total. The van der Waals surface area contributed by atoms with Crippen molar-refractivity contribution in [1.82, 2.24) is 0 Å². The lowest BCUT2D eigenvalue weighted by molar-refractivity contribution is -0.136. The van der Waals surface area contributed by atoms with E-state index in [1.165, 1.54) is 0 Å². The molecule has 0 atom stereocenters. The Hall–Kier alpha value is -3.55. The Morgan fingerprint density at radius 2 is 1.83 bits per heavy atom. The van der Waals surface area contributed by atoms with E-state index >= 15 is 0 Å². The molecule has 3 rings (SSSR count). The average Bonchev–Trinajstić information content (AvgIpc) is 2.74. The Labute approximate surface area is 180 Å². The van der Waals surface area contributed by atoms with Gasteiger partial charge in [-0.05, 0) is 72.5 Å². The molecule has 150 valence electrons. The lowest BCUT2D eigenvalue weighted by Gasteiger charge is -2.10. The van der Waals surface area contributed by atoms with Crippen molar-refractivity contribution < 1.29 is 14.3 Å². The zero-order valence-corrected chi connectivity index (χ0v) is 17.4. The smallest absolute Gasteiger partial charge is 0.349 e. The van der Waals surface area contributed by atoms with Crippen LogP contribution in [0.5, 0.6) is 11.5 Å². The number of hydrogen-bond donors (Lipinski definition) is 0. The predicted molar refractivity (Wildman–Crippen MR) is 118 cm³/mol. The van der Waals surface area contributed by atoms with Crippen molar-refractivity contribution in [3.8, 4) is 17.6 Å². The summed E-state index contributed by atoms with van der Waals surface area (Å²) in [4.78, 5) is 12.1. The molecule has 0 N–H and O–H groups in total. The Kier molecular flexibility index (Phi) is 6.90. The summed E-state index contributed by atoms with van der Waals surface area (Å²) >= 11 is 6.00. The van der Waals surface area contributed by atoms with Gasteiger partial charge < -0.3 is 9.47 Å².